The first-order valence-corrected chi connectivity index (χ1v) is 10.2. The van der Waals surface area contributed by atoms with Crippen molar-refractivity contribution in [2.24, 2.45) is 0 Å². The van der Waals surface area contributed by atoms with Crippen LogP contribution in [0, 0.1) is 13.8 Å². The van der Waals surface area contributed by atoms with Gasteiger partial charge in [0.05, 0.1) is 4.88 Å². The SMILES string of the molecule is CCN(CC)c1cc(C)nc(Nc2ccc(NC(=O)c3cc(C)cs3)cc2)n1. The molecule has 2 heterocycles. The standard InChI is InChI=1S/C21H25N5OS/c1-5-26(6-2)19-12-15(4)22-21(25-19)24-17-9-7-16(8-10-17)23-20(27)18-11-14(3)13-28-18/h7-13H,5-6H2,1-4H3,(H,23,27)(H,22,24,25). The second-order valence-electron chi connectivity index (χ2n) is 6.51. The summed E-state index contributed by atoms with van der Waals surface area (Å²) < 4.78 is 0. The number of thiophene rings is 1. The third-order valence-electron chi connectivity index (χ3n) is 4.28. The van der Waals surface area contributed by atoms with Gasteiger partial charge in [-0.2, -0.15) is 4.98 Å². The van der Waals surface area contributed by atoms with E-state index in [2.05, 4.69) is 39.3 Å². The molecule has 28 heavy (non-hydrogen) atoms. The fraction of sp³-hybridized carbons (Fsp3) is 0.286. The van der Waals surface area contributed by atoms with Crippen LogP contribution in [-0.4, -0.2) is 29.0 Å². The summed E-state index contributed by atoms with van der Waals surface area (Å²) in [5.41, 5.74) is 3.61. The van der Waals surface area contributed by atoms with E-state index in [1.165, 1.54) is 11.3 Å². The summed E-state index contributed by atoms with van der Waals surface area (Å²) >= 11 is 1.45. The fourth-order valence-corrected chi connectivity index (χ4v) is 3.62. The molecule has 7 heteroatoms. The molecule has 0 unspecified atom stereocenters. The molecule has 6 nitrogen and oxygen atoms in total. The van der Waals surface area contributed by atoms with Crippen LogP contribution in [0.4, 0.5) is 23.1 Å². The zero-order valence-corrected chi connectivity index (χ0v) is 17.4. The minimum absolute atomic E-state index is 0.0929. The van der Waals surface area contributed by atoms with Crippen molar-refractivity contribution in [3.05, 3.63) is 57.9 Å². The molecule has 0 aliphatic heterocycles. The highest BCUT2D eigenvalue weighted by molar-refractivity contribution is 7.12. The predicted molar refractivity (Wildman–Crippen MR) is 117 cm³/mol. The van der Waals surface area contributed by atoms with Crippen LogP contribution in [0.1, 0.15) is 34.8 Å². The first-order valence-electron chi connectivity index (χ1n) is 9.32. The maximum absolute atomic E-state index is 12.3. The normalized spacial score (nSPS) is 10.6. The molecule has 0 fully saturated rings. The van der Waals surface area contributed by atoms with Crippen LogP contribution in [0.15, 0.2) is 41.8 Å². The molecule has 3 aromatic rings. The van der Waals surface area contributed by atoms with E-state index in [1.54, 1.807) is 0 Å². The largest absolute Gasteiger partial charge is 0.357 e. The van der Waals surface area contributed by atoms with Crippen LogP contribution in [-0.2, 0) is 0 Å². The summed E-state index contributed by atoms with van der Waals surface area (Å²) in [6.45, 7) is 9.95. The van der Waals surface area contributed by atoms with Crippen molar-refractivity contribution in [1.29, 1.82) is 0 Å². The predicted octanol–water partition coefficient (Wildman–Crippen LogP) is 5.00. The first kappa shape index (κ1) is 19.8. The molecule has 0 bridgehead atoms. The Morgan fingerprint density at radius 3 is 2.32 bits per heavy atom. The summed E-state index contributed by atoms with van der Waals surface area (Å²) in [5, 5.41) is 8.13. The number of amides is 1. The van der Waals surface area contributed by atoms with Crippen LogP contribution in [0.25, 0.3) is 0 Å². The van der Waals surface area contributed by atoms with Crippen molar-refractivity contribution in [1.82, 2.24) is 9.97 Å². The van der Waals surface area contributed by atoms with Crippen molar-refractivity contribution in [2.45, 2.75) is 27.7 Å². The van der Waals surface area contributed by atoms with E-state index in [1.807, 2.05) is 55.6 Å². The zero-order valence-electron chi connectivity index (χ0n) is 16.6. The lowest BCUT2D eigenvalue weighted by molar-refractivity contribution is 0.103. The molecule has 0 spiro atoms. The van der Waals surface area contributed by atoms with Gasteiger partial charge in [-0.25, -0.2) is 4.98 Å². The molecule has 1 amide bonds. The molecule has 1 aromatic carbocycles. The molecule has 0 saturated carbocycles. The molecule has 2 aromatic heterocycles. The highest BCUT2D eigenvalue weighted by Gasteiger charge is 2.10. The summed E-state index contributed by atoms with van der Waals surface area (Å²) in [5.74, 6) is 1.38. The second-order valence-corrected chi connectivity index (χ2v) is 7.42. The van der Waals surface area contributed by atoms with Gasteiger partial charge in [-0.15, -0.1) is 11.3 Å². The van der Waals surface area contributed by atoms with Gasteiger partial charge in [0.15, 0.2) is 0 Å². The summed E-state index contributed by atoms with van der Waals surface area (Å²) in [6.07, 6.45) is 0. The van der Waals surface area contributed by atoms with E-state index in [9.17, 15) is 4.79 Å². The number of nitrogens with one attached hydrogen (secondary N) is 2. The number of hydrogen-bond acceptors (Lipinski definition) is 6. The smallest absolute Gasteiger partial charge is 0.265 e. The molecule has 0 saturated heterocycles. The summed E-state index contributed by atoms with van der Waals surface area (Å²) in [6, 6.07) is 11.4. The molecule has 0 radical (unpaired) electrons. The number of hydrogen-bond donors (Lipinski definition) is 2. The number of nitrogens with zero attached hydrogens (tertiary/aromatic N) is 3. The molecule has 0 aliphatic carbocycles. The van der Waals surface area contributed by atoms with Crippen LogP contribution in [0.3, 0.4) is 0 Å². The van der Waals surface area contributed by atoms with Crippen molar-refractivity contribution in [2.75, 3.05) is 28.6 Å². The highest BCUT2D eigenvalue weighted by atomic mass is 32.1. The van der Waals surface area contributed by atoms with E-state index >= 15 is 0 Å². The maximum Gasteiger partial charge on any atom is 0.265 e. The lowest BCUT2D eigenvalue weighted by Gasteiger charge is -2.20. The number of anilines is 4. The van der Waals surface area contributed by atoms with E-state index in [0.717, 1.165) is 41.5 Å². The third kappa shape index (κ3) is 4.86. The Hall–Kier alpha value is -2.93. The topological polar surface area (TPSA) is 70.2 Å². The molecule has 2 N–H and O–H groups in total. The van der Waals surface area contributed by atoms with Gasteiger partial charge in [0.1, 0.15) is 5.82 Å². The minimum Gasteiger partial charge on any atom is -0.357 e. The fourth-order valence-electron chi connectivity index (χ4n) is 2.83. The van der Waals surface area contributed by atoms with E-state index in [-0.39, 0.29) is 5.91 Å². The Bertz CT molecular complexity index is 948. The number of benzene rings is 1. The number of rotatable bonds is 7. The molecular weight excluding hydrogens is 370 g/mol. The molecular formula is C21H25N5OS. The van der Waals surface area contributed by atoms with Gasteiger partial charge in [-0.05, 0) is 69.0 Å². The van der Waals surface area contributed by atoms with Gasteiger partial charge in [-0.1, -0.05) is 0 Å². The van der Waals surface area contributed by atoms with Crippen LogP contribution in [0.5, 0.6) is 0 Å². The zero-order chi connectivity index (χ0) is 20.1. The van der Waals surface area contributed by atoms with Crippen molar-refractivity contribution in [3.8, 4) is 0 Å². The molecule has 0 atom stereocenters. The van der Waals surface area contributed by atoms with Gasteiger partial charge in [0.25, 0.3) is 5.91 Å². The second kappa shape index (κ2) is 8.84. The van der Waals surface area contributed by atoms with Gasteiger partial charge >= 0.3 is 0 Å². The van der Waals surface area contributed by atoms with Gasteiger partial charge in [-0.3, -0.25) is 4.79 Å². The number of aryl methyl sites for hydroxylation is 2. The minimum atomic E-state index is -0.0929. The number of carbonyl (C=O) groups is 1. The Kier molecular flexibility index (Phi) is 6.26. The average Bonchev–Trinajstić information content (AvgIpc) is 3.10. The van der Waals surface area contributed by atoms with Crippen molar-refractivity contribution in [3.63, 3.8) is 0 Å². The maximum atomic E-state index is 12.3. The van der Waals surface area contributed by atoms with Crippen molar-refractivity contribution >= 4 is 40.4 Å². The quantitative estimate of drug-likeness (QED) is 0.589. The Labute approximate surface area is 169 Å². The van der Waals surface area contributed by atoms with Gasteiger partial charge in [0.2, 0.25) is 5.95 Å². The Morgan fingerprint density at radius 2 is 1.71 bits per heavy atom. The Morgan fingerprint density at radius 1 is 1.04 bits per heavy atom. The van der Waals surface area contributed by atoms with Crippen LogP contribution in [0.2, 0.25) is 0 Å². The monoisotopic (exact) mass is 395 g/mol. The molecule has 146 valence electrons. The Balaban J connectivity index is 1.69. The van der Waals surface area contributed by atoms with Crippen LogP contribution >= 0.6 is 11.3 Å². The highest BCUT2D eigenvalue weighted by Crippen LogP contribution is 2.21. The summed E-state index contributed by atoms with van der Waals surface area (Å²) in [7, 11) is 0. The third-order valence-corrected chi connectivity index (χ3v) is 5.33. The lowest BCUT2D eigenvalue weighted by Crippen LogP contribution is -2.23. The van der Waals surface area contributed by atoms with Gasteiger partial charge in [0, 0.05) is 36.2 Å². The van der Waals surface area contributed by atoms with Gasteiger partial charge < -0.3 is 15.5 Å². The summed E-state index contributed by atoms with van der Waals surface area (Å²) in [4.78, 5) is 24.2. The molecule has 3 rings (SSSR count). The molecule has 0 aliphatic rings. The van der Waals surface area contributed by atoms with E-state index < -0.39 is 0 Å². The number of aromatic nitrogens is 2. The lowest BCUT2D eigenvalue weighted by atomic mass is 10.2. The number of carbonyl (C=O) groups excluding carboxylic acids is 1. The van der Waals surface area contributed by atoms with Crippen molar-refractivity contribution < 1.29 is 4.79 Å². The van der Waals surface area contributed by atoms with Crippen LogP contribution < -0.4 is 15.5 Å². The first-order chi connectivity index (χ1) is 13.5. The van der Waals surface area contributed by atoms with E-state index in [0.29, 0.717) is 10.8 Å². The van der Waals surface area contributed by atoms with E-state index in [4.69, 9.17) is 0 Å². The average molecular weight is 396 g/mol.